The van der Waals surface area contributed by atoms with Crippen LogP contribution in [0.4, 0.5) is 23.5 Å². The molecule has 0 radical (unpaired) electrons. The Morgan fingerprint density at radius 2 is 1.67 bits per heavy atom. The molecule has 2 heterocycles. The number of nitrogens with two attached hydrogens (primary N) is 1. The lowest BCUT2D eigenvalue weighted by molar-refractivity contribution is 0.882. The number of nitrogens with one attached hydrogen (secondary N) is 2. The van der Waals surface area contributed by atoms with Crippen LogP contribution < -0.4 is 21.5 Å². The molecule has 110 valence electrons. The van der Waals surface area contributed by atoms with E-state index in [2.05, 4.69) is 37.5 Å². The molecule has 2 aromatic rings. The maximum Gasteiger partial charge on any atom is 0.243 e. The molecule has 3 rings (SSSR count). The van der Waals surface area contributed by atoms with Gasteiger partial charge in [-0.2, -0.15) is 15.0 Å². The zero-order chi connectivity index (χ0) is 14.7. The van der Waals surface area contributed by atoms with Crippen molar-refractivity contribution in [2.24, 2.45) is 5.84 Å². The molecule has 1 aliphatic rings. The van der Waals surface area contributed by atoms with Gasteiger partial charge in [0.25, 0.3) is 0 Å². The number of rotatable bonds is 4. The summed E-state index contributed by atoms with van der Waals surface area (Å²) in [5, 5.41) is 3.19. The molecule has 4 N–H and O–H groups in total. The molecule has 21 heavy (non-hydrogen) atoms. The van der Waals surface area contributed by atoms with E-state index in [-0.39, 0.29) is 0 Å². The van der Waals surface area contributed by atoms with Crippen molar-refractivity contribution in [2.45, 2.75) is 19.8 Å². The van der Waals surface area contributed by atoms with Crippen molar-refractivity contribution >= 4 is 23.5 Å². The van der Waals surface area contributed by atoms with Crippen molar-refractivity contribution in [1.29, 1.82) is 0 Å². The van der Waals surface area contributed by atoms with E-state index in [1.54, 1.807) is 0 Å². The third-order valence-electron chi connectivity index (χ3n) is 3.45. The largest absolute Gasteiger partial charge is 0.341 e. The fourth-order valence-corrected chi connectivity index (χ4v) is 2.31. The molecule has 0 saturated carbocycles. The van der Waals surface area contributed by atoms with Crippen molar-refractivity contribution in [3.63, 3.8) is 0 Å². The van der Waals surface area contributed by atoms with Crippen molar-refractivity contribution in [2.75, 3.05) is 28.7 Å². The van der Waals surface area contributed by atoms with Crippen LogP contribution >= 0.6 is 0 Å². The Kier molecular flexibility index (Phi) is 3.83. The summed E-state index contributed by atoms with van der Waals surface area (Å²) in [6, 6.07) is 8.05. The quantitative estimate of drug-likeness (QED) is 0.582. The molecule has 0 bridgehead atoms. The van der Waals surface area contributed by atoms with E-state index >= 15 is 0 Å². The van der Waals surface area contributed by atoms with Gasteiger partial charge in [0.05, 0.1) is 0 Å². The molecular formula is C14H19N7. The lowest BCUT2D eigenvalue weighted by atomic mass is 10.2. The lowest BCUT2D eigenvalue weighted by Gasteiger charge is -2.16. The topological polar surface area (TPSA) is 92.0 Å². The third kappa shape index (κ3) is 3.19. The number of hydrazine groups is 1. The van der Waals surface area contributed by atoms with E-state index in [1.165, 1.54) is 5.56 Å². The highest BCUT2D eigenvalue weighted by Gasteiger charge is 2.17. The van der Waals surface area contributed by atoms with Gasteiger partial charge in [-0.15, -0.1) is 0 Å². The summed E-state index contributed by atoms with van der Waals surface area (Å²) in [5.74, 6) is 6.96. The minimum absolute atomic E-state index is 0.363. The summed E-state index contributed by atoms with van der Waals surface area (Å²) in [5.41, 5.74) is 4.64. The Balaban J connectivity index is 1.86. The highest BCUT2D eigenvalue weighted by atomic mass is 15.4. The summed E-state index contributed by atoms with van der Waals surface area (Å²) >= 11 is 0. The molecule has 1 fully saturated rings. The van der Waals surface area contributed by atoms with Gasteiger partial charge in [-0.25, -0.2) is 5.84 Å². The second-order valence-electron chi connectivity index (χ2n) is 5.11. The number of anilines is 4. The van der Waals surface area contributed by atoms with Crippen LogP contribution in [0.25, 0.3) is 0 Å². The van der Waals surface area contributed by atoms with Crippen molar-refractivity contribution in [3.8, 4) is 0 Å². The van der Waals surface area contributed by atoms with Crippen molar-refractivity contribution in [1.82, 2.24) is 15.0 Å². The van der Waals surface area contributed by atoms with Crippen LogP contribution in [-0.2, 0) is 0 Å². The normalized spacial score (nSPS) is 14.3. The average molecular weight is 285 g/mol. The zero-order valence-electron chi connectivity index (χ0n) is 12.0. The molecular weight excluding hydrogens is 266 g/mol. The predicted octanol–water partition coefficient (Wildman–Crippen LogP) is 1.81. The second-order valence-corrected chi connectivity index (χ2v) is 5.11. The van der Waals surface area contributed by atoms with Gasteiger partial charge in [0, 0.05) is 18.8 Å². The Morgan fingerprint density at radius 1 is 1.00 bits per heavy atom. The van der Waals surface area contributed by atoms with E-state index in [0.717, 1.165) is 31.6 Å². The van der Waals surface area contributed by atoms with Gasteiger partial charge in [-0.3, -0.25) is 5.43 Å². The number of hydrogen-bond donors (Lipinski definition) is 3. The van der Waals surface area contributed by atoms with Crippen LogP contribution in [-0.4, -0.2) is 28.0 Å². The minimum atomic E-state index is 0.363. The van der Waals surface area contributed by atoms with Crippen LogP contribution in [0.3, 0.4) is 0 Å². The first-order valence-corrected chi connectivity index (χ1v) is 7.06. The Morgan fingerprint density at radius 3 is 2.33 bits per heavy atom. The van der Waals surface area contributed by atoms with Crippen molar-refractivity contribution < 1.29 is 0 Å². The number of aryl methyl sites for hydroxylation is 1. The fraction of sp³-hybridized carbons (Fsp3) is 0.357. The summed E-state index contributed by atoms with van der Waals surface area (Å²) in [6.45, 7) is 3.99. The van der Waals surface area contributed by atoms with Crippen LogP contribution in [0, 0.1) is 6.92 Å². The standard InChI is InChI=1S/C14H19N7/c1-10-4-6-11(7-5-10)16-12-17-13(20-15)19-14(18-12)21-8-2-3-9-21/h4-7H,2-3,8-9,15H2,1H3,(H2,16,17,18,19,20). The molecule has 1 aromatic heterocycles. The molecule has 7 nitrogen and oxygen atoms in total. The molecule has 7 heteroatoms. The average Bonchev–Trinajstić information content (AvgIpc) is 3.04. The smallest absolute Gasteiger partial charge is 0.243 e. The third-order valence-corrected chi connectivity index (χ3v) is 3.45. The summed E-state index contributed by atoms with van der Waals surface area (Å²) in [7, 11) is 0. The predicted molar refractivity (Wildman–Crippen MR) is 83.5 cm³/mol. The van der Waals surface area contributed by atoms with Gasteiger partial charge in [0.15, 0.2) is 0 Å². The van der Waals surface area contributed by atoms with Gasteiger partial charge in [-0.1, -0.05) is 17.7 Å². The zero-order valence-corrected chi connectivity index (χ0v) is 12.0. The molecule has 1 aromatic carbocycles. The van der Waals surface area contributed by atoms with Gasteiger partial charge >= 0.3 is 0 Å². The lowest BCUT2D eigenvalue weighted by Crippen LogP contribution is -2.23. The summed E-state index contributed by atoms with van der Waals surface area (Å²) < 4.78 is 0. The first kappa shape index (κ1) is 13.6. The highest BCUT2D eigenvalue weighted by molar-refractivity contribution is 5.56. The maximum atomic E-state index is 5.45. The van der Waals surface area contributed by atoms with E-state index < -0.39 is 0 Å². The molecule has 0 unspecified atom stereocenters. The SMILES string of the molecule is Cc1ccc(Nc2nc(NN)nc(N3CCCC3)n2)cc1. The monoisotopic (exact) mass is 285 g/mol. The minimum Gasteiger partial charge on any atom is -0.341 e. The number of nitrogens with zero attached hydrogens (tertiary/aromatic N) is 4. The Hall–Kier alpha value is -2.41. The van der Waals surface area contributed by atoms with E-state index in [9.17, 15) is 0 Å². The van der Waals surface area contributed by atoms with Crippen LogP contribution in [0.5, 0.6) is 0 Å². The van der Waals surface area contributed by atoms with E-state index in [1.807, 2.05) is 24.3 Å². The van der Waals surface area contributed by atoms with Gasteiger partial charge in [-0.05, 0) is 31.9 Å². The Labute approximate surface area is 123 Å². The summed E-state index contributed by atoms with van der Waals surface area (Å²) in [4.78, 5) is 15.2. The van der Waals surface area contributed by atoms with Gasteiger partial charge in [0.1, 0.15) is 0 Å². The number of hydrogen-bond acceptors (Lipinski definition) is 7. The van der Waals surface area contributed by atoms with Crippen molar-refractivity contribution in [3.05, 3.63) is 29.8 Å². The fourth-order valence-electron chi connectivity index (χ4n) is 2.31. The Bertz CT molecular complexity index is 605. The second kappa shape index (κ2) is 5.92. The highest BCUT2D eigenvalue weighted by Crippen LogP contribution is 2.20. The van der Waals surface area contributed by atoms with Gasteiger partial charge in [0.2, 0.25) is 17.8 Å². The van der Waals surface area contributed by atoms with Gasteiger partial charge < -0.3 is 10.2 Å². The molecule has 0 aliphatic carbocycles. The van der Waals surface area contributed by atoms with Crippen LogP contribution in [0.2, 0.25) is 0 Å². The number of nitrogen functional groups attached to an aromatic ring is 1. The number of aromatic nitrogens is 3. The number of benzene rings is 1. The first-order valence-electron chi connectivity index (χ1n) is 7.06. The van der Waals surface area contributed by atoms with E-state index in [0.29, 0.717) is 17.8 Å². The molecule has 0 atom stereocenters. The van der Waals surface area contributed by atoms with Crippen LogP contribution in [0.1, 0.15) is 18.4 Å². The van der Waals surface area contributed by atoms with E-state index in [4.69, 9.17) is 5.84 Å². The molecule has 1 saturated heterocycles. The molecule has 0 spiro atoms. The van der Waals surface area contributed by atoms with Crippen LogP contribution in [0.15, 0.2) is 24.3 Å². The molecule has 0 amide bonds. The summed E-state index contributed by atoms with van der Waals surface area (Å²) in [6.07, 6.45) is 2.33. The molecule has 1 aliphatic heterocycles. The first-order chi connectivity index (χ1) is 10.2. The maximum absolute atomic E-state index is 5.45.